The quantitative estimate of drug-likeness (QED) is 0.338. The molecule has 0 saturated carbocycles. The SMILES string of the molecule is CC1CN(c2nc3c(c(=O)[nH]c(=O)n3C)n2CCCSc2nc3ccccc3o2)CC(C)O1. The van der Waals surface area contributed by atoms with Gasteiger partial charge in [-0.3, -0.25) is 14.3 Å². The van der Waals surface area contributed by atoms with Gasteiger partial charge in [0.15, 0.2) is 16.7 Å². The number of fused-ring (bicyclic) bond motifs is 2. The first-order valence-corrected chi connectivity index (χ1v) is 12.0. The van der Waals surface area contributed by atoms with E-state index >= 15 is 0 Å². The van der Waals surface area contributed by atoms with Gasteiger partial charge in [0.25, 0.3) is 10.8 Å². The van der Waals surface area contributed by atoms with Gasteiger partial charge < -0.3 is 18.6 Å². The minimum absolute atomic E-state index is 0.0406. The Morgan fingerprint density at radius 2 is 1.91 bits per heavy atom. The first kappa shape index (κ1) is 21.8. The van der Waals surface area contributed by atoms with E-state index in [4.69, 9.17) is 14.1 Å². The van der Waals surface area contributed by atoms with Crippen LogP contribution < -0.4 is 16.1 Å². The fourth-order valence-corrected chi connectivity index (χ4v) is 5.07. The number of hydrogen-bond acceptors (Lipinski definition) is 8. The summed E-state index contributed by atoms with van der Waals surface area (Å²) in [5.41, 5.74) is 1.51. The highest BCUT2D eigenvalue weighted by atomic mass is 32.2. The number of anilines is 1. The van der Waals surface area contributed by atoms with Gasteiger partial charge in [0.05, 0.1) is 12.2 Å². The fraction of sp³-hybridized carbons (Fsp3) is 0.455. The fourth-order valence-electron chi connectivity index (χ4n) is 4.31. The van der Waals surface area contributed by atoms with Crippen molar-refractivity contribution < 1.29 is 9.15 Å². The number of aryl methyl sites for hydroxylation is 2. The van der Waals surface area contributed by atoms with Crippen molar-refractivity contribution in [3.63, 3.8) is 0 Å². The lowest BCUT2D eigenvalue weighted by molar-refractivity contribution is -0.00588. The zero-order valence-electron chi connectivity index (χ0n) is 18.8. The zero-order valence-corrected chi connectivity index (χ0v) is 19.6. The molecule has 0 spiro atoms. The minimum atomic E-state index is -0.473. The number of thioether (sulfide) groups is 1. The Balaban J connectivity index is 1.42. The molecule has 0 aliphatic carbocycles. The maximum absolute atomic E-state index is 12.7. The van der Waals surface area contributed by atoms with Crippen LogP contribution in [-0.4, -0.2) is 55.1 Å². The molecule has 2 atom stereocenters. The number of aromatic amines is 1. The normalized spacial score (nSPS) is 19.1. The van der Waals surface area contributed by atoms with E-state index in [0.717, 1.165) is 23.3 Å². The minimum Gasteiger partial charge on any atom is -0.431 e. The number of imidazole rings is 1. The number of benzene rings is 1. The van der Waals surface area contributed by atoms with E-state index in [0.29, 0.717) is 42.0 Å². The van der Waals surface area contributed by atoms with E-state index in [9.17, 15) is 9.59 Å². The Morgan fingerprint density at radius 1 is 1.15 bits per heavy atom. The summed E-state index contributed by atoms with van der Waals surface area (Å²) in [5.74, 6) is 1.44. The number of aromatic nitrogens is 5. The van der Waals surface area contributed by atoms with Crippen molar-refractivity contribution in [2.75, 3.05) is 23.7 Å². The molecule has 0 bridgehead atoms. The van der Waals surface area contributed by atoms with E-state index in [2.05, 4.69) is 14.9 Å². The Kier molecular flexibility index (Phi) is 5.75. The number of para-hydroxylation sites is 2. The lowest BCUT2D eigenvalue weighted by Gasteiger charge is -2.36. The Labute approximate surface area is 193 Å². The van der Waals surface area contributed by atoms with Crippen LogP contribution >= 0.6 is 11.8 Å². The van der Waals surface area contributed by atoms with Gasteiger partial charge in [-0.05, 0) is 32.4 Å². The molecule has 11 heteroatoms. The number of nitrogens with one attached hydrogen (secondary N) is 1. The molecule has 10 nitrogen and oxygen atoms in total. The van der Waals surface area contributed by atoms with E-state index < -0.39 is 11.2 Å². The highest BCUT2D eigenvalue weighted by Crippen LogP contribution is 2.26. The van der Waals surface area contributed by atoms with Crippen LogP contribution in [0.25, 0.3) is 22.3 Å². The predicted molar refractivity (Wildman–Crippen MR) is 127 cm³/mol. The standard InChI is InChI=1S/C22H26N6O4S/c1-13-11-27(12-14(2)31-13)20-24-18-17(19(29)25-21(30)26(18)3)28(20)9-6-10-33-22-23-15-7-4-5-8-16(15)32-22/h4-5,7-8,13-14H,6,9-12H2,1-3H3,(H,25,29,30). The van der Waals surface area contributed by atoms with E-state index in [-0.39, 0.29) is 12.2 Å². The molecular formula is C22H26N6O4S. The van der Waals surface area contributed by atoms with Gasteiger partial charge >= 0.3 is 5.69 Å². The maximum atomic E-state index is 12.7. The van der Waals surface area contributed by atoms with Crippen molar-refractivity contribution in [3.8, 4) is 0 Å². The zero-order chi connectivity index (χ0) is 23.1. The smallest absolute Gasteiger partial charge is 0.329 e. The number of rotatable bonds is 6. The Morgan fingerprint density at radius 3 is 2.67 bits per heavy atom. The van der Waals surface area contributed by atoms with Crippen LogP contribution in [0.5, 0.6) is 0 Å². The average Bonchev–Trinajstić information content (AvgIpc) is 3.36. The van der Waals surface area contributed by atoms with Crippen LogP contribution in [0.3, 0.4) is 0 Å². The Bertz CT molecular complexity index is 1380. The summed E-state index contributed by atoms with van der Waals surface area (Å²) < 4.78 is 15.0. The number of morpholine rings is 1. The number of nitrogens with zero attached hydrogens (tertiary/aromatic N) is 5. The van der Waals surface area contributed by atoms with Gasteiger partial charge in [0.1, 0.15) is 5.52 Å². The van der Waals surface area contributed by atoms with Crippen molar-refractivity contribution >= 4 is 40.0 Å². The topological polar surface area (TPSA) is 111 Å². The molecule has 2 unspecified atom stereocenters. The molecule has 1 N–H and O–H groups in total. The predicted octanol–water partition coefficient (Wildman–Crippen LogP) is 2.36. The van der Waals surface area contributed by atoms with Crippen LogP contribution in [0.15, 0.2) is 43.5 Å². The van der Waals surface area contributed by atoms with Crippen molar-refractivity contribution in [1.82, 2.24) is 24.1 Å². The van der Waals surface area contributed by atoms with Crippen LogP contribution in [0, 0.1) is 0 Å². The summed E-state index contributed by atoms with van der Waals surface area (Å²) in [6.45, 7) is 5.94. The van der Waals surface area contributed by atoms with Gasteiger partial charge in [0, 0.05) is 32.4 Å². The lowest BCUT2D eigenvalue weighted by Crippen LogP contribution is -2.46. The molecule has 4 heterocycles. The molecule has 4 aromatic rings. The third-order valence-corrected chi connectivity index (χ3v) is 6.63. The molecule has 1 aromatic carbocycles. The number of ether oxygens (including phenoxy) is 1. The van der Waals surface area contributed by atoms with E-state index in [1.54, 1.807) is 7.05 Å². The molecule has 1 fully saturated rings. The third-order valence-electron chi connectivity index (χ3n) is 5.72. The average molecular weight is 471 g/mol. The summed E-state index contributed by atoms with van der Waals surface area (Å²) >= 11 is 1.54. The lowest BCUT2D eigenvalue weighted by atomic mass is 10.2. The Hall–Kier alpha value is -3.05. The van der Waals surface area contributed by atoms with Crippen LogP contribution in [0.2, 0.25) is 0 Å². The van der Waals surface area contributed by atoms with Crippen molar-refractivity contribution in [2.45, 2.75) is 44.2 Å². The van der Waals surface area contributed by atoms with Gasteiger partial charge in [-0.25, -0.2) is 9.78 Å². The number of H-pyrrole nitrogens is 1. The molecule has 3 aromatic heterocycles. The number of oxazole rings is 1. The van der Waals surface area contributed by atoms with Gasteiger partial charge in [-0.15, -0.1) is 0 Å². The monoisotopic (exact) mass is 470 g/mol. The highest BCUT2D eigenvalue weighted by Gasteiger charge is 2.28. The van der Waals surface area contributed by atoms with Crippen LogP contribution in [0.4, 0.5) is 5.95 Å². The molecule has 33 heavy (non-hydrogen) atoms. The van der Waals surface area contributed by atoms with E-state index in [1.807, 2.05) is 42.7 Å². The maximum Gasteiger partial charge on any atom is 0.329 e. The summed E-state index contributed by atoms with van der Waals surface area (Å²) in [4.78, 5) is 38.7. The second-order valence-corrected chi connectivity index (χ2v) is 9.41. The van der Waals surface area contributed by atoms with Gasteiger partial charge in [-0.1, -0.05) is 23.9 Å². The van der Waals surface area contributed by atoms with Gasteiger partial charge in [0.2, 0.25) is 5.95 Å². The molecule has 1 aliphatic rings. The molecule has 0 amide bonds. The summed E-state index contributed by atoms with van der Waals surface area (Å²) in [5, 5.41) is 0.628. The van der Waals surface area contributed by atoms with Crippen molar-refractivity contribution in [1.29, 1.82) is 0 Å². The summed E-state index contributed by atoms with van der Waals surface area (Å²) in [7, 11) is 1.62. The van der Waals surface area contributed by atoms with Crippen molar-refractivity contribution in [2.24, 2.45) is 7.05 Å². The molecule has 5 rings (SSSR count). The molecule has 1 saturated heterocycles. The molecule has 1 aliphatic heterocycles. The van der Waals surface area contributed by atoms with Crippen molar-refractivity contribution in [3.05, 3.63) is 45.1 Å². The van der Waals surface area contributed by atoms with Crippen LogP contribution in [-0.2, 0) is 18.3 Å². The van der Waals surface area contributed by atoms with Crippen LogP contribution in [0.1, 0.15) is 20.3 Å². The van der Waals surface area contributed by atoms with E-state index in [1.165, 1.54) is 16.3 Å². The summed E-state index contributed by atoms with van der Waals surface area (Å²) in [6, 6.07) is 7.68. The first-order valence-electron chi connectivity index (χ1n) is 11.0. The van der Waals surface area contributed by atoms with Gasteiger partial charge in [-0.2, -0.15) is 4.98 Å². The second-order valence-electron chi connectivity index (χ2n) is 8.37. The third kappa shape index (κ3) is 4.18. The first-order chi connectivity index (χ1) is 15.9. The second kappa shape index (κ2) is 8.71. The molecule has 174 valence electrons. The largest absolute Gasteiger partial charge is 0.431 e. The molecule has 0 radical (unpaired) electrons. The number of hydrogen-bond donors (Lipinski definition) is 1. The highest BCUT2D eigenvalue weighted by molar-refractivity contribution is 7.99. The summed E-state index contributed by atoms with van der Waals surface area (Å²) in [6.07, 6.45) is 0.845. The molecular weight excluding hydrogens is 444 g/mol.